The zero-order valence-corrected chi connectivity index (χ0v) is 21.4. The molecule has 0 unspecified atom stereocenters. The lowest BCUT2D eigenvalue weighted by Gasteiger charge is -2.08. The van der Waals surface area contributed by atoms with Gasteiger partial charge >= 0.3 is 0 Å². The van der Waals surface area contributed by atoms with Crippen molar-refractivity contribution in [1.82, 2.24) is 19.7 Å². The maximum absolute atomic E-state index is 12.5. The Morgan fingerprint density at radius 3 is 2.58 bits per heavy atom. The van der Waals surface area contributed by atoms with Gasteiger partial charge in [-0.05, 0) is 56.2 Å². The van der Waals surface area contributed by atoms with Crippen LogP contribution in [0, 0.1) is 13.8 Å². The number of nitrogens with one attached hydrogen (secondary N) is 1. The molecule has 0 fully saturated rings. The number of amides is 1. The predicted molar refractivity (Wildman–Crippen MR) is 138 cm³/mol. The average molecular weight is 518 g/mol. The molecule has 0 saturated carbocycles. The van der Waals surface area contributed by atoms with E-state index in [4.69, 9.17) is 23.2 Å². The van der Waals surface area contributed by atoms with E-state index >= 15 is 0 Å². The summed E-state index contributed by atoms with van der Waals surface area (Å²) in [5.41, 5.74) is 5.15. The Morgan fingerprint density at radius 1 is 1.06 bits per heavy atom. The largest absolute Gasteiger partial charge is 0.302 e. The van der Waals surface area contributed by atoms with Gasteiger partial charge in [0.2, 0.25) is 5.91 Å². The standard InChI is InChI=1S/C23H21Cl2N5OS2/c1-4-30-21(16-7-8-17(24)18(25)10-16)28-29-23(30)33-12-20(31)27-22-26-19(11-32-22)15-6-5-13(2)14(3)9-15/h5-11H,4,12H2,1-3H3,(H,26,27,31). The van der Waals surface area contributed by atoms with E-state index in [0.29, 0.717) is 32.7 Å². The van der Waals surface area contributed by atoms with Crippen LogP contribution in [-0.4, -0.2) is 31.4 Å². The van der Waals surface area contributed by atoms with Gasteiger partial charge in [-0.15, -0.1) is 21.5 Å². The van der Waals surface area contributed by atoms with E-state index in [9.17, 15) is 4.79 Å². The molecule has 6 nitrogen and oxygen atoms in total. The minimum Gasteiger partial charge on any atom is -0.302 e. The van der Waals surface area contributed by atoms with Gasteiger partial charge in [0.05, 0.1) is 21.5 Å². The number of hydrogen-bond acceptors (Lipinski definition) is 6. The number of benzene rings is 2. The topological polar surface area (TPSA) is 72.7 Å². The van der Waals surface area contributed by atoms with E-state index in [1.165, 1.54) is 34.2 Å². The third kappa shape index (κ3) is 5.41. The number of rotatable bonds is 7. The van der Waals surface area contributed by atoms with Gasteiger partial charge in [-0.3, -0.25) is 4.79 Å². The van der Waals surface area contributed by atoms with Crippen LogP contribution in [0.4, 0.5) is 5.13 Å². The van der Waals surface area contributed by atoms with Crippen LogP contribution in [-0.2, 0) is 11.3 Å². The number of thiazole rings is 1. The molecule has 2 heterocycles. The lowest BCUT2D eigenvalue weighted by atomic mass is 10.1. The molecule has 0 aliphatic rings. The Bertz CT molecular complexity index is 1320. The molecule has 4 rings (SSSR count). The van der Waals surface area contributed by atoms with Gasteiger partial charge in [-0.2, -0.15) is 0 Å². The Balaban J connectivity index is 1.41. The summed E-state index contributed by atoms with van der Waals surface area (Å²) in [6.45, 7) is 6.81. The van der Waals surface area contributed by atoms with E-state index in [0.717, 1.165) is 16.8 Å². The Hall–Kier alpha value is -2.39. The Kier molecular flexibility index (Phi) is 7.38. The minimum atomic E-state index is -0.150. The van der Waals surface area contributed by atoms with Crippen LogP contribution < -0.4 is 5.32 Å². The summed E-state index contributed by atoms with van der Waals surface area (Å²) >= 11 is 14.9. The number of aromatic nitrogens is 4. The van der Waals surface area contributed by atoms with Crippen LogP contribution >= 0.6 is 46.3 Å². The molecular formula is C23H21Cl2N5OS2. The van der Waals surface area contributed by atoms with E-state index in [1.54, 1.807) is 12.1 Å². The number of thioether (sulfide) groups is 1. The van der Waals surface area contributed by atoms with Crippen LogP contribution in [0.3, 0.4) is 0 Å². The summed E-state index contributed by atoms with van der Waals surface area (Å²) in [6.07, 6.45) is 0. The molecule has 2 aromatic heterocycles. The van der Waals surface area contributed by atoms with Crippen molar-refractivity contribution in [3.05, 3.63) is 63.0 Å². The van der Waals surface area contributed by atoms with Crippen molar-refractivity contribution in [2.24, 2.45) is 0 Å². The van der Waals surface area contributed by atoms with Crippen molar-refractivity contribution in [2.45, 2.75) is 32.5 Å². The van der Waals surface area contributed by atoms with Gasteiger partial charge in [-0.1, -0.05) is 47.1 Å². The Morgan fingerprint density at radius 2 is 1.85 bits per heavy atom. The smallest absolute Gasteiger partial charge is 0.236 e. The second kappa shape index (κ2) is 10.3. The van der Waals surface area contributed by atoms with Crippen LogP contribution in [0.25, 0.3) is 22.6 Å². The lowest BCUT2D eigenvalue weighted by Crippen LogP contribution is -2.14. The summed E-state index contributed by atoms with van der Waals surface area (Å²) < 4.78 is 1.94. The Labute approximate surface area is 210 Å². The summed E-state index contributed by atoms with van der Waals surface area (Å²) in [7, 11) is 0. The average Bonchev–Trinajstić information content (AvgIpc) is 3.43. The van der Waals surface area contributed by atoms with Crippen LogP contribution in [0.1, 0.15) is 18.1 Å². The molecule has 1 amide bonds. The van der Waals surface area contributed by atoms with Crippen molar-refractivity contribution in [3.8, 4) is 22.6 Å². The van der Waals surface area contributed by atoms with Crippen LogP contribution in [0.5, 0.6) is 0 Å². The molecular weight excluding hydrogens is 497 g/mol. The third-order valence-corrected chi connectivity index (χ3v) is 7.56. The number of nitrogens with zero attached hydrogens (tertiary/aromatic N) is 4. The van der Waals surface area contributed by atoms with Crippen molar-refractivity contribution in [3.63, 3.8) is 0 Å². The fraction of sp³-hybridized carbons (Fsp3) is 0.217. The highest BCUT2D eigenvalue weighted by Crippen LogP contribution is 2.30. The molecule has 0 spiro atoms. The molecule has 0 aliphatic heterocycles. The first-order valence-electron chi connectivity index (χ1n) is 10.2. The molecule has 0 saturated heterocycles. The SMILES string of the molecule is CCn1c(SCC(=O)Nc2nc(-c3ccc(C)c(C)c3)cs2)nnc1-c1ccc(Cl)c(Cl)c1. The number of halogens is 2. The first-order chi connectivity index (χ1) is 15.9. The zero-order chi connectivity index (χ0) is 23.5. The third-order valence-electron chi connectivity index (χ3n) is 5.10. The lowest BCUT2D eigenvalue weighted by molar-refractivity contribution is -0.113. The highest BCUT2D eigenvalue weighted by Gasteiger charge is 2.16. The molecule has 0 atom stereocenters. The number of hydrogen-bond donors (Lipinski definition) is 1. The van der Waals surface area contributed by atoms with Gasteiger partial charge in [0.1, 0.15) is 0 Å². The van der Waals surface area contributed by atoms with Crippen LogP contribution in [0.15, 0.2) is 46.9 Å². The van der Waals surface area contributed by atoms with Crippen LogP contribution in [0.2, 0.25) is 10.0 Å². The first-order valence-corrected chi connectivity index (χ1v) is 12.8. The van der Waals surface area contributed by atoms with Crippen molar-refractivity contribution in [1.29, 1.82) is 0 Å². The van der Waals surface area contributed by atoms with Gasteiger partial charge in [0.15, 0.2) is 16.1 Å². The number of aryl methyl sites for hydroxylation is 2. The molecule has 0 bridgehead atoms. The van der Waals surface area contributed by atoms with Crippen molar-refractivity contribution >= 4 is 57.3 Å². The molecule has 33 heavy (non-hydrogen) atoms. The van der Waals surface area contributed by atoms with E-state index in [-0.39, 0.29) is 11.7 Å². The number of carbonyl (C=O) groups is 1. The van der Waals surface area contributed by atoms with E-state index < -0.39 is 0 Å². The van der Waals surface area contributed by atoms with Gasteiger partial charge in [0, 0.05) is 23.1 Å². The highest BCUT2D eigenvalue weighted by molar-refractivity contribution is 7.99. The van der Waals surface area contributed by atoms with Crippen molar-refractivity contribution in [2.75, 3.05) is 11.1 Å². The highest BCUT2D eigenvalue weighted by atomic mass is 35.5. The van der Waals surface area contributed by atoms with E-state index in [2.05, 4.69) is 46.5 Å². The zero-order valence-electron chi connectivity index (χ0n) is 18.2. The summed E-state index contributed by atoms with van der Waals surface area (Å²) in [5.74, 6) is 0.720. The molecule has 170 valence electrons. The van der Waals surface area contributed by atoms with Gasteiger partial charge < -0.3 is 9.88 Å². The quantitative estimate of drug-likeness (QED) is 0.274. The monoisotopic (exact) mass is 517 g/mol. The molecule has 1 N–H and O–H groups in total. The molecule has 10 heteroatoms. The predicted octanol–water partition coefficient (Wildman–Crippen LogP) is 6.74. The van der Waals surface area contributed by atoms with Gasteiger partial charge in [0.25, 0.3) is 0 Å². The number of carbonyl (C=O) groups excluding carboxylic acids is 1. The summed E-state index contributed by atoms with van der Waals surface area (Å²) in [6, 6.07) is 11.6. The first kappa shape index (κ1) is 23.8. The molecule has 4 aromatic rings. The van der Waals surface area contributed by atoms with Crippen molar-refractivity contribution < 1.29 is 4.79 Å². The molecule has 2 aromatic carbocycles. The maximum atomic E-state index is 12.5. The summed E-state index contributed by atoms with van der Waals surface area (Å²) in [5, 5.41) is 15.5. The normalized spacial score (nSPS) is 11.1. The maximum Gasteiger partial charge on any atom is 0.236 e. The second-order valence-electron chi connectivity index (χ2n) is 7.35. The van der Waals surface area contributed by atoms with E-state index in [1.807, 2.05) is 29.0 Å². The second-order valence-corrected chi connectivity index (χ2v) is 9.97. The number of anilines is 1. The van der Waals surface area contributed by atoms with Gasteiger partial charge in [-0.25, -0.2) is 4.98 Å². The minimum absolute atomic E-state index is 0.150. The fourth-order valence-electron chi connectivity index (χ4n) is 3.18. The summed E-state index contributed by atoms with van der Waals surface area (Å²) in [4.78, 5) is 17.1. The fourth-order valence-corrected chi connectivity index (χ4v) is 5.02. The molecule has 0 radical (unpaired) electrons. The molecule has 0 aliphatic carbocycles.